The van der Waals surface area contributed by atoms with Gasteiger partial charge < -0.3 is 4.74 Å². The highest BCUT2D eigenvalue weighted by Crippen LogP contribution is 2.28. The molecule has 0 aliphatic carbocycles. The molecule has 16 heavy (non-hydrogen) atoms. The number of halogens is 2. The number of hydrogen-bond acceptors (Lipinski definition) is 1. The van der Waals surface area contributed by atoms with E-state index in [1.54, 1.807) is 12.1 Å². The van der Waals surface area contributed by atoms with Crippen LogP contribution < -0.4 is 0 Å². The molecule has 1 aromatic carbocycles. The number of hydrogen-bond donors (Lipinski definition) is 0. The van der Waals surface area contributed by atoms with Gasteiger partial charge in [0.1, 0.15) is 0 Å². The van der Waals surface area contributed by atoms with Crippen molar-refractivity contribution in [2.75, 3.05) is 7.11 Å². The first kappa shape index (κ1) is 12.8. The number of benzene rings is 1. The van der Waals surface area contributed by atoms with Gasteiger partial charge in [-0.2, -0.15) is 8.78 Å². The summed E-state index contributed by atoms with van der Waals surface area (Å²) < 4.78 is 30.3. The molecular formula is C13H16F2O. The van der Waals surface area contributed by atoms with Gasteiger partial charge in [0.05, 0.1) is 5.56 Å². The quantitative estimate of drug-likeness (QED) is 0.692. The molecule has 1 aromatic rings. The van der Waals surface area contributed by atoms with E-state index in [-0.39, 0.29) is 5.56 Å². The predicted molar refractivity (Wildman–Crippen MR) is 60.5 cm³/mol. The minimum atomic E-state index is -3.19. The lowest BCUT2D eigenvalue weighted by atomic mass is 10.1. The first-order chi connectivity index (χ1) is 7.60. The van der Waals surface area contributed by atoms with Crippen LogP contribution in [0.2, 0.25) is 0 Å². The van der Waals surface area contributed by atoms with Gasteiger partial charge in [-0.15, -0.1) is 0 Å². The Labute approximate surface area is 94.7 Å². The maximum Gasteiger partial charge on any atom is 0.383 e. The lowest BCUT2D eigenvalue weighted by Crippen LogP contribution is -2.15. The molecule has 3 heteroatoms. The van der Waals surface area contributed by atoms with Crippen molar-refractivity contribution in [3.05, 3.63) is 47.5 Å². The molecular weight excluding hydrogens is 210 g/mol. The van der Waals surface area contributed by atoms with Gasteiger partial charge >= 0.3 is 6.11 Å². The standard InChI is InChI=1S/C13H16F2O/c1-3-4-5-6-11-7-9-12(10-8-11)13(14,15)16-2/h3-4,7-10H,5-6H2,1-2H3/b4-3+. The van der Waals surface area contributed by atoms with E-state index in [0.29, 0.717) is 0 Å². The molecule has 0 fully saturated rings. The van der Waals surface area contributed by atoms with Crippen molar-refractivity contribution in [2.24, 2.45) is 0 Å². The minimum absolute atomic E-state index is 0.107. The number of ether oxygens (including phenoxy) is 1. The van der Waals surface area contributed by atoms with Crippen LogP contribution in [-0.2, 0) is 17.3 Å². The largest absolute Gasteiger partial charge is 0.383 e. The Kier molecular flexibility index (Phi) is 4.62. The van der Waals surface area contributed by atoms with Crippen molar-refractivity contribution in [1.82, 2.24) is 0 Å². The second-order valence-electron chi connectivity index (χ2n) is 3.53. The van der Waals surface area contributed by atoms with E-state index in [2.05, 4.69) is 10.8 Å². The summed E-state index contributed by atoms with van der Waals surface area (Å²) in [6, 6.07) is 6.25. The van der Waals surface area contributed by atoms with Gasteiger partial charge in [0, 0.05) is 7.11 Å². The first-order valence-electron chi connectivity index (χ1n) is 5.23. The summed E-state index contributed by atoms with van der Waals surface area (Å²) in [7, 11) is 1.000. The number of alkyl halides is 2. The zero-order chi connectivity index (χ0) is 12.0. The second-order valence-corrected chi connectivity index (χ2v) is 3.53. The third-order valence-electron chi connectivity index (χ3n) is 2.38. The summed E-state index contributed by atoms with van der Waals surface area (Å²) in [4.78, 5) is 0. The normalized spacial score (nSPS) is 12.2. The van der Waals surface area contributed by atoms with E-state index in [9.17, 15) is 8.78 Å². The van der Waals surface area contributed by atoms with Gasteiger partial charge in [0.2, 0.25) is 0 Å². The Balaban J connectivity index is 2.68. The lowest BCUT2D eigenvalue weighted by molar-refractivity contribution is -0.231. The number of rotatable bonds is 5. The van der Waals surface area contributed by atoms with Crippen LogP contribution in [-0.4, -0.2) is 7.11 Å². The fourth-order valence-electron chi connectivity index (χ4n) is 1.40. The fourth-order valence-corrected chi connectivity index (χ4v) is 1.40. The molecule has 0 bridgehead atoms. The average Bonchev–Trinajstić information content (AvgIpc) is 2.30. The maximum atomic E-state index is 13.1. The van der Waals surface area contributed by atoms with Gasteiger partial charge in [-0.3, -0.25) is 0 Å². The van der Waals surface area contributed by atoms with Gasteiger partial charge in [0.15, 0.2) is 0 Å². The molecule has 0 atom stereocenters. The molecule has 0 radical (unpaired) electrons. The van der Waals surface area contributed by atoms with E-state index in [0.717, 1.165) is 25.5 Å². The minimum Gasteiger partial charge on any atom is -0.320 e. The molecule has 0 N–H and O–H groups in total. The third kappa shape index (κ3) is 3.42. The second kappa shape index (κ2) is 5.75. The fraction of sp³-hybridized carbons (Fsp3) is 0.385. The number of allylic oxidation sites excluding steroid dienone is 2. The van der Waals surface area contributed by atoms with Crippen molar-refractivity contribution in [1.29, 1.82) is 0 Å². The lowest BCUT2D eigenvalue weighted by Gasteiger charge is -2.14. The highest BCUT2D eigenvalue weighted by molar-refractivity contribution is 5.25. The van der Waals surface area contributed by atoms with Crippen LogP contribution in [0.3, 0.4) is 0 Å². The van der Waals surface area contributed by atoms with Crippen molar-refractivity contribution in [2.45, 2.75) is 25.9 Å². The Bertz CT molecular complexity index is 341. The highest BCUT2D eigenvalue weighted by Gasteiger charge is 2.30. The average molecular weight is 226 g/mol. The molecule has 0 saturated carbocycles. The van der Waals surface area contributed by atoms with Crippen LogP contribution in [0, 0.1) is 0 Å². The topological polar surface area (TPSA) is 9.23 Å². The third-order valence-corrected chi connectivity index (χ3v) is 2.38. The molecule has 0 heterocycles. The van der Waals surface area contributed by atoms with Crippen molar-refractivity contribution >= 4 is 0 Å². The van der Waals surface area contributed by atoms with Crippen LogP contribution in [0.1, 0.15) is 24.5 Å². The number of aryl methyl sites for hydroxylation is 1. The summed E-state index contributed by atoms with van der Waals surface area (Å²) in [6.45, 7) is 1.96. The SMILES string of the molecule is C/C=C/CCc1ccc(C(F)(F)OC)cc1. The first-order valence-corrected chi connectivity index (χ1v) is 5.23. The summed E-state index contributed by atoms with van der Waals surface area (Å²) in [5.41, 5.74) is 0.943. The predicted octanol–water partition coefficient (Wildman–Crippen LogP) is 3.89. The molecule has 0 aliphatic heterocycles. The molecule has 0 saturated heterocycles. The summed E-state index contributed by atoms with van der Waals surface area (Å²) >= 11 is 0. The van der Waals surface area contributed by atoms with Crippen molar-refractivity contribution in [3.63, 3.8) is 0 Å². The molecule has 0 unspecified atom stereocenters. The summed E-state index contributed by atoms with van der Waals surface area (Å²) in [5, 5.41) is 0. The van der Waals surface area contributed by atoms with Gasteiger partial charge in [-0.1, -0.05) is 36.4 Å². The molecule has 0 aliphatic rings. The van der Waals surface area contributed by atoms with Gasteiger partial charge in [0.25, 0.3) is 0 Å². The zero-order valence-electron chi connectivity index (χ0n) is 9.54. The smallest absolute Gasteiger partial charge is 0.320 e. The summed E-state index contributed by atoms with van der Waals surface area (Å²) in [5.74, 6) is 0. The van der Waals surface area contributed by atoms with Crippen LogP contribution in [0.4, 0.5) is 8.78 Å². The van der Waals surface area contributed by atoms with Crippen LogP contribution in [0.15, 0.2) is 36.4 Å². The Morgan fingerprint density at radius 1 is 1.25 bits per heavy atom. The van der Waals surface area contributed by atoms with Crippen LogP contribution in [0.25, 0.3) is 0 Å². The van der Waals surface area contributed by atoms with Gasteiger partial charge in [-0.25, -0.2) is 0 Å². The van der Waals surface area contributed by atoms with E-state index >= 15 is 0 Å². The molecule has 1 nitrogen and oxygen atoms in total. The zero-order valence-corrected chi connectivity index (χ0v) is 9.54. The van der Waals surface area contributed by atoms with Crippen molar-refractivity contribution in [3.8, 4) is 0 Å². The van der Waals surface area contributed by atoms with E-state index in [1.807, 2.05) is 13.0 Å². The Hall–Kier alpha value is -1.22. The molecule has 0 spiro atoms. The van der Waals surface area contributed by atoms with Crippen LogP contribution in [0.5, 0.6) is 0 Å². The molecule has 1 rings (SSSR count). The van der Waals surface area contributed by atoms with Crippen LogP contribution >= 0.6 is 0 Å². The molecule has 88 valence electrons. The monoisotopic (exact) mass is 226 g/mol. The molecule has 0 amide bonds. The van der Waals surface area contributed by atoms with E-state index < -0.39 is 6.11 Å². The molecule has 0 aromatic heterocycles. The van der Waals surface area contributed by atoms with E-state index in [1.165, 1.54) is 12.1 Å². The maximum absolute atomic E-state index is 13.1. The van der Waals surface area contributed by atoms with Gasteiger partial charge in [-0.05, 0) is 25.3 Å². The van der Waals surface area contributed by atoms with E-state index in [4.69, 9.17) is 0 Å². The van der Waals surface area contributed by atoms with Crippen molar-refractivity contribution < 1.29 is 13.5 Å². The summed E-state index contributed by atoms with van der Waals surface area (Å²) in [6.07, 6.45) is 2.63. The number of methoxy groups -OCH3 is 1. The Morgan fingerprint density at radius 2 is 1.88 bits per heavy atom. The Morgan fingerprint density at radius 3 is 2.38 bits per heavy atom. The highest BCUT2D eigenvalue weighted by atomic mass is 19.3.